The molecule has 2 aliphatic heterocycles. The smallest absolute Gasteiger partial charge is 0.220 e. The molecule has 1 aliphatic carbocycles. The van der Waals surface area contributed by atoms with Gasteiger partial charge in [0.25, 0.3) is 0 Å². The van der Waals surface area contributed by atoms with Crippen molar-refractivity contribution in [1.82, 2.24) is 9.62 Å². The summed E-state index contributed by atoms with van der Waals surface area (Å²) in [5.41, 5.74) is 0.718. The lowest BCUT2D eigenvalue weighted by Crippen LogP contribution is -2.52. The van der Waals surface area contributed by atoms with E-state index in [1.165, 1.54) is 6.42 Å². The molecule has 1 aromatic carbocycles. The lowest BCUT2D eigenvalue weighted by atomic mass is 9.76. The summed E-state index contributed by atoms with van der Waals surface area (Å²) in [4.78, 5) is 12.6. The van der Waals surface area contributed by atoms with Crippen molar-refractivity contribution in [2.45, 2.75) is 69.4 Å². The Morgan fingerprint density at radius 3 is 2.61 bits per heavy atom. The van der Waals surface area contributed by atoms with E-state index in [4.69, 9.17) is 4.74 Å². The van der Waals surface area contributed by atoms with E-state index in [0.717, 1.165) is 30.6 Å². The Labute approximate surface area is 167 Å². The van der Waals surface area contributed by atoms with Crippen LogP contribution in [0, 0.1) is 0 Å². The molecule has 1 unspecified atom stereocenters. The zero-order chi connectivity index (χ0) is 19.8. The Balaban J connectivity index is 1.49. The summed E-state index contributed by atoms with van der Waals surface area (Å²) in [5, 5.41) is 3.15. The number of fused-ring (bicyclic) bond motifs is 1. The second kappa shape index (κ2) is 7.67. The molecular formula is C21H30N2O4S. The van der Waals surface area contributed by atoms with Crippen molar-refractivity contribution in [3.8, 4) is 5.75 Å². The molecule has 0 aromatic heterocycles. The zero-order valence-electron chi connectivity index (χ0n) is 16.5. The number of nitrogens with zero attached hydrogens (tertiary/aromatic N) is 1. The quantitative estimate of drug-likeness (QED) is 0.816. The number of rotatable bonds is 5. The van der Waals surface area contributed by atoms with Gasteiger partial charge in [0, 0.05) is 44.3 Å². The van der Waals surface area contributed by atoms with E-state index in [0.29, 0.717) is 38.4 Å². The first-order chi connectivity index (χ1) is 13.4. The molecule has 1 spiro atoms. The van der Waals surface area contributed by atoms with Crippen LogP contribution in [0.4, 0.5) is 0 Å². The highest BCUT2D eigenvalue weighted by Gasteiger charge is 2.45. The number of hydrogen-bond donors (Lipinski definition) is 1. The van der Waals surface area contributed by atoms with E-state index in [9.17, 15) is 13.2 Å². The van der Waals surface area contributed by atoms with Crippen LogP contribution in [0.2, 0.25) is 0 Å². The van der Waals surface area contributed by atoms with Crippen LogP contribution in [0.15, 0.2) is 24.3 Å². The minimum Gasteiger partial charge on any atom is -0.487 e. The van der Waals surface area contributed by atoms with Gasteiger partial charge < -0.3 is 10.1 Å². The predicted molar refractivity (Wildman–Crippen MR) is 108 cm³/mol. The predicted octanol–water partition coefficient (Wildman–Crippen LogP) is 2.80. The third-order valence-electron chi connectivity index (χ3n) is 6.60. The van der Waals surface area contributed by atoms with Crippen LogP contribution in [-0.4, -0.2) is 49.1 Å². The summed E-state index contributed by atoms with van der Waals surface area (Å²) in [5.74, 6) is 1.21. The molecule has 1 aromatic rings. The van der Waals surface area contributed by atoms with Gasteiger partial charge in [0.2, 0.25) is 15.9 Å². The van der Waals surface area contributed by atoms with Gasteiger partial charge >= 0.3 is 0 Å². The Morgan fingerprint density at radius 2 is 1.96 bits per heavy atom. The summed E-state index contributed by atoms with van der Waals surface area (Å²) in [6, 6.07) is 8.33. The first-order valence-corrected chi connectivity index (χ1v) is 12.1. The largest absolute Gasteiger partial charge is 0.487 e. The van der Waals surface area contributed by atoms with E-state index >= 15 is 0 Å². The van der Waals surface area contributed by atoms with Crippen molar-refractivity contribution in [2.75, 3.05) is 18.8 Å². The summed E-state index contributed by atoms with van der Waals surface area (Å²) >= 11 is 0. The summed E-state index contributed by atoms with van der Waals surface area (Å²) in [7, 11) is -3.17. The molecule has 7 heteroatoms. The van der Waals surface area contributed by atoms with Crippen LogP contribution >= 0.6 is 0 Å². The molecule has 2 heterocycles. The van der Waals surface area contributed by atoms with E-state index in [1.54, 1.807) is 11.2 Å². The SMILES string of the molecule is CCS(=O)(=O)N1CCC2(CC1)CC(CC(=O)NC1CCC1)c1ccccc1O2. The second-order valence-electron chi connectivity index (χ2n) is 8.42. The molecule has 1 saturated carbocycles. The van der Waals surface area contributed by atoms with Crippen LogP contribution in [0.3, 0.4) is 0 Å². The molecule has 3 aliphatic rings. The number of carbonyl (C=O) groups is 1. The minimum absolute atomic E-state index is 0.111. The molecule has 0 bridgehead atoms. The summed E-state index contributed by atoms with van der Waals surface area (Å²) in [6.07, 6.45) is 5.94. The molecule has 1 atom stereocenters. The summed E-state index contributed by atoms with van der Waals surface area (Å²) < 4.78 is 32.4. The number of sulfonamides is 1. The molecule has 28 heavy (non-hydrogen) atoms. The lowest BCUT2D eigenvalue weighted by Gasteiger charge is -2.46. The molecule has 1 amide bonds. The normalized spacial score (nSPS) is 24.8. The molecular weight excluding hydrogens is 376 g/mol. The Bertz CT molecular complexity index is 827. The maximum absolute atomic E-state index is 12.6. The fourth-order valence-electron chi connectivity index (χ4n) is 4.65. The number of carbonyl (C=O) groups excluding carboxylic acids is 1. The molecule has 4 rings (SSSR count). The molecule has 154 valence electrons. The van der Waals surface area contributed by atoms with Crippen LogP contribution in [-0.2, 0) is 14.8 Å². The monoisotopic (exact) mass is 406 g/mol. The van der Waals surface area contributed by atoms with Crippen LogP contribution in [0.5, 0.6) is 5.75 Å². The van der Waals surface area contributed by atoms with Gasteiger partial charge in [-0.3, -0.25) is 4.79 Å². The number of benzene rings is 1. The summed E-state index contributed by atoms with van der Waals surface area (Å²) in [6.45, 7) is 2.66. The maximum Gasteiger partial charge on any atom is 0.220 e. The van der Waals surface area contributed by atoms with Crippen molar-refractivity contribution >= 4 is 15.9 Å². The van der Waals surface area contributed by atoms with Crippen molar-refractivity contribution in [3.63, 3.8) is 0 Å². The van der Waals surface area contributed by atoms with Crippen LogP contribution in [0.25, 0.3) is 0 Å². The van der Waals surface area contributed by atoms with Gasteiger partial charge in [-0.15, -0.1) is 0 Å². The average Bonchev–Trinajstić information content (AvgIpc) is 2.65. The highest BCUT2D eigenvalue weighted by molar-refractivity contribution is 7.89. The maximum atomic E-state index is 12.6. The Hall–Kier alpha value is -1.60. The van der Waals surface area contributed by atoms with Gasteiger partial charge in [0.15, 0.2) is 0 Å². The van der Waals surface area contributed by atoms with Gasteiger partial charge in [-0.1, -0.05) is 18.2 Å². The van der Waals surface area contributed by atoms with Gasteiger partial charge in [-0.2, -0.15) is 0 Å². The molecule has 2 fully saturated rings. The third kappa shape index (κ3) is 3.92. The van der Waals surface area contributed by atoms with E-state index in [1.807, 2.05) is 18.2 Å². The molecule has 6 nitrogen and oxygen atoms in total. The highest BCUT2D eigenvalue weighted by atomic mass is 32.2. The minimum atomic E-state index is -3.17. The fourth-order valence-corrected chi connectivity index (χ4v) is 5.75. The van der Waals surface area contributed by atoms with Crippen LogP contribution in [0.1, 0.15) is 63.4 Å². The van der Waals surface area contributed by atoms with Gasteiger partial charge in [0.1, 0.15) is 11.4 Å². The van der Waals surface area contributed by atoms with Crippen molar-refractivity contribution < 1.29 is 17.9 Å². The van der Waals surface area contributed by atoms with Crippen LogP contribution < -0.4 is 10.1 Å². The topological polar surface area (TPSA) is 75.7 Å². The Morgan fingerprint density at radius 1 is 1.25 bits per heavy atom. The number of amides is 1. The van der Waals surface area contributed by atoms with Crippen molar-refractivity contribution in [3.05, 3.63) is 29.8 Å². The molecule has 1 saturated heterocycles. The number of piperidine rings is 1. The molecule has 1 N–H and O–H groups in total. The van der Waals surface area contributed by atoms with Gasteiger partial charge in [-0.05, 0) is 44.2 Å². The fraction of sp³-hybridized carbons (Fsp3) is 0.667. The number of hydrogen-bond acceptors (Lipinski definition) is 4. The van der Waals surface area contributed by atoms with Crippen molar-refractivity contribution in [1.29, 1.82) is 0 Å². The standard InChI is InChI=1S/C21H30N2O4S/c1-2-28(25,26)23-12-10-21(11-13-23)15-16(14-20(24)22-17-6-5-7-17)18-8-3-4-9-19(18)27-21/h3-4,8-9,16-17H,2,5-7,10-15H2,1H3,(H,22,24). The van der Waals surface area contributed by atoms with E-state index in [-0.39, 0.29) is 23.2 Å². The number of para-hydroxylation sites is 1. The Kier molecular flexibility index (Phi) is 5.40. The van der Waals surface area contributed by atoms with E-state index < -0.39 is 10.0 Å². The number of ether oxygens (including phenoxy) is 1. The number of nitrogens with one attached hydrogen (secondary N) is 1. The first-order valence-electron chi connectivity index (χ1n) is 10.5. The second-order valence-corrected chi connectivity index (χ2v) is 10.7. The highest BCUT2D eigenvalue weighted by Crippen LogP contribution is 2.46. The molecule has 0 radical (unpaired) electrons. The lowest BCUT2D eigenvalue weighted by molar-refractivity contribution is -0.123. The first kappa shape index (κ1) is 19.7. The van der Waals surface area contributed by atoms with Crippen molar-refractivity contribution in [2.24, 2.45) is 0 Å². The van der Waals surface area contributed by atoms with E-state index in [2.05, 4.69) is 11.4 Å². The van der Waals surface area contributed by atoms with Gasteiger partial charge in [-0.25, -0.2) is 12.7 Å². The van der Waals surface area contributed by atoms with Gasteiger partial charge in [0.05, 0.1) is 5.75 Å². The zero-order valence-corrected chi connectivity index (χ0v) is 17.3. The average molecular weight is 407 g/mol. The third-order valence-corrected chi connectivity index (χ3v) is 8.48.